The minimum atomic E-state index is -3.85. The number of aliphatic hydroxyl groups excluding tert-OH is 1. The molecule has 3 heterocycles. The molecule has 39 heavy (non-hydrogen) atoms. The van der Waals surface area contributed by atoms with Gasteiger partial charge in [0.2, 0.25) is 0 Å². The molecule has 208 valence electrons. The van der Waals surface area contributed by atoms with Gasteiger partial charge in [0.15, 0.2) is 9.84 Å². The molecule has 1 atom stereocenters. The number of aryl methyl sites for hydroxylation is 1. The number of pyridine rings is 1. The van der Waals surface area contributed by atoms with E-state index in [1.54, 1.807) is 12.5 Å². The first-order valence-corrected chi connectivity index (χ1v) is 14.7. The number of nitrogen functional groups attached to an aromatic ring is 1. The summed E-state index contributed by atoms with van der Waals surface area (Å²) < 4.78 is 37.3. The number of rotatable bonds is 7. The molecule has 0 radical (unpaired) electrons. The fraction of sp³-hybridized carbons (Fsp3) is 0.464. The first kappa shape index (κ1) is 27.3. The molecule has 0 saturated heterocycles. The zero-order valence-corrected chi connectivity index (χ0v) is 23.4. The Hall–Kier alpha value is -3.28. The average Bonchev–Trinajstić information content (AvgIpc) is 3.13. The quantitative estimate of drug-likeness (QED) is 0.449. The van der Waals surface area contributed by atoms with E-state index < -0.39 is 28.3 Å². The predicted molar refractivity (Wildman–Crippen MR) is 148 cm³/mol. The van der Waals surface area contributed by atoms with Crippen molar-refractivity contribution >= 4 is 21.5 Å². The second kappa shape index (κ2) is 10.7. The van der Waals surface area contributed by atoms with E-state index in [4.69, 9.17) is 20.2 Å². The molecule has 1 aromatic carbocycles. The molecule has 0 bridgehead atoms. The number of anilines is 2. The summed E-state index contributed by atoms with van der Waals surface area (Å²) in [5.41, 5.74) is 10.9. The second-order valence-electron chi connectivity index (χ2n) is 11.0. The highest BCUT2D eigenvalue weighted by Crippen LogP contribution is 2.39. The fourth-order valence-electron chi connectivity index (χ4n) is 5.28. The smallest absolute Gasteiger partial charge is 0.184 e. The Morgan fingerprint density at radius 2 is 2.03 bits per heavy atom. The predicted octanol–water partition coefficient (Wildman–Crippen LogP) is 2.82. The number of benzene rings is 1. The Labute approximate surface area is 229 Å². The van der Waals surface area contributed by atoms with E-state index in [1.807, 2.05) is 18.2 Å². The Morgan fingerprint density at radius 3 is 2.79 bits per heavy atom. The zero-order chi connectivity index (χ0) is 27.8. The Balaban J connectivity index is 1.47. The first-order chi connectivity index (χ1) is 18.6. The Kier molecular flexibility index (Phi) is 7.49. The highest BCUT2D eigenvalue weighted by molar-refractivity contribution is 7.91. The van der Waals surface area contributed by atoms with Crippen LogP contribution in [0.5, 0.6) is 5.75 Å². The molecule has 2 aromatic heterocycles. The number of hydrogen-bond acceptors (Lipinski definition) is 10. The summed E-state index contributed by atoms with van der Waals surface area (Å²) >= 11 is 0. The maximum atomic E-state index is 13.1. The van der Waals surface area contributed by atoms with Crippen molar-refractivity contribution in [1.82, 2.24) is 15.0 Å². The first-order valence-electron chi connectivity index (χ1n) is 13.1. The minimum absolute atomic E-state index is 0.0847. The molecule has 5 rings (SSSR count). The van der Waals surface area contributed by atoms with Gasteiger partial charge in [0.1, 0.15) is 35.2 Å². The molecule has 1 unspecified atom stereocenters. The molecule has 11 heteroatoms. The number of nitrogens with two attached hydrogens (primary N) is 1. The Morgan fingerprint density at radius 1 is 1.21 bits per heavy atom. The lowest BCUT2D eigenvalue weighted by molar-refractivity contribution is 0.0644. The van der Waals surface area contributed by atoms with Gasteiger partial charge < -0.3 is 25.2 Å². The lowest BCUT2D eigenvalue weighted by atomic mass is 9.76. The van der Waals surface area contributed by atoms with E-state index in [0.29, 0.717) is 25.3 Å². The van der Waals surface area contributed by atoms with Crippen LogP contribution in [0.15, 0.2) is 41.7 Å². The number of aromatic nitrogens is 3. The molecule has 10 nitrogen and oxygen atoms in total. The number of hydrogen-bond donors (Lipinski definition) is 2. The van der Waals surface area contributed by atoms with Crippen LogP contribution < -0.4 is 15.4 Å². The van der Waals surface area contributed by atoms with Gasteiger partial charge in [0.25, 0.3) is 0 Å². The molecule has 3 N–H and O–H groups in total. The maximum Gasteiger partial charge on any atom is 0.184 e. The summed E-state index contributed by atoms with van der Waals surface area (Å²) in [5, 5.41) is 9.41. The molecule has 1 aliphatic carbocycles. The Bertz CT molecular complexity index is 1470. The molecular weight excluding hydrogens is 518 g/mol. The van der Waals surface area contributed by atoms with E-state index in [2.05, 4.69) is 28.7 Å². The van der Waals surface area contributed by atoms with Gasteiger partial charge in [-0.15, -0.1) is 0 Å². The molecule has 0 amide bonds. The molecule has 0 spiro atoms. The van der Waals surface area contributed by atoms with Crippen LogP contribution in [0.1, 0.15) is 37.1 Å². The molecule has 1 aliphatic heterocycles. The second-order valence-corrected chi connectivity index (χ2v) is 13.0. The van der Waals surface area contributed by atoms with Crippen LogP contribution in [0.2, 0.25) is 0 Å². The van der Waals surface area contributed by atoms with E-state index in [0.717, 1.165) is 47.7 Å². The normalized spacial score (nSPS) is 17.5. The number of fused-ring (bicyclic) bond motifs is 2. The molecule has 3 aromatic rings. The van der Waals surface area contributed by atoms with Gasteiger partial charge in [-0.2, -0.15) is 0 Å². The number of ether oxygens (including phenoxy) is 2. The van der Waals surface area contributed by atoms with E-state index >= 15 is 0 Å². The van der Waals surface area contributed by atoms with Crippen LogP contribution in [-0.2, 0) is 34.0 Å². The van der Waals surface area contributed by atoms with Gasteiger partial charge in [0, 0.05) is 42.2 Å². The van der Waals surface area contributed by atoms with Crippen molar-refractivity contribution in [2.75, 3.05) is 43.3 Å². The van der Waals surface area contributed by atoms with Gasteiger partial charge in [-0.25, -0.2) is 23.4 Å². The van der Waals surface area contributed by atoms with Crippen LogP contribution in [0, 0.1) is 5.41 Å². The summed E-state index contributed by atoms with van der Waals surface area (Å²) in [6.07, 6.45) is 5.34. The van der Waals surface area contributed by atoms with Crippen molar-refractivity contribution in [3.05, 3.63) is 53.6 Å². The third-order valence-electron chi connectivity index (χ3n) is 7.54. The van der Waals surface area contributed by atoms with Gasteiger partial charge in [-0.3, -0.25) is 0 Å². The monoisotopic (exact) mass is 553 g/mol. The van der Waals surface area contributed by atoms with Crippen LogP contribution in [0.3, 0.4) is 0 Å². The summed E-state index contributed by atoms with van der Waals surface area (Å²) in [5.74, 6) is 1.25. The third-order valence-corrected chi connectivity index (χ3v) is 9.35. The molecular formula is C28H35N5O5S. The lowest BCUT2D eigenvalue weighted by Crippen LogP contribution is -2.31. The van der Waals surface area contributed by atoms with Crippen molar-refractivity contribution in [3.8, 4) is 16.9 Å². The minimum Gasteiger partial charge on any atom is -0.491 e. The van der Waals surface area contributed by atoms with Crippen LogP contribution in [0.25, 0.3) is 11.1 Å². The topological polar surface area (TPSA) is 141 Å². The largest absolute Gasteiger partial charge is 0.491 e. The number of sulfone groups is 1. The fourth-order valence-corrected chi connectivity index (χ4v) is 6.87. The molecule has 0 saturated carbocycles. The SMILES string of the molecule is COC(CO)CS(=O)(=O)c1cc(-c2ccc3c(c2)CN(c2ncnc4c2CC(C)(C)CC4)CCO3)cnc1N. The molecule has 0 fully saturated rings. The molecule has 2 aliphatic rings. The number of aliphatic hydroxyl groups is 1. The summed E-state index contributed by atoms with van der Waals surface area (Å²) in [4.78, 5) is 15.6. The van der Waals surface area contributed by atoms with Gasteiger partial charge >= 0.3 is 0 Å². The maximum absolute atomic E-state index is 13.1. The lowest BCUT2D eigenvalue weighted by Gasteiger charge is -2.33. The summed E-state index contributed by atoms with van der Waals surface area (Å²) in [6.45, 7) is 5.95. The highest BCUT2D eigenvalue weighted by Gasteiger charge is 2.31. The van der Waals surface area contributed by atoms with E-state index in [9.17, 15) is 13.5 Å². The average molecular weight is 554 g/mol. The number of nitrogens with zero attached hydrogens (tertiary/aromatic N) is 4. The van der Waals surface area contributed by atoms with Gasteiger partial charge in [-0.1, -0.05) is 19.9 Å². The van der Waals surface area contributed by atoms with Crippen molar-refractivity contribution in [1.29, 1.82) is 0 Å². The highest BCUT2D eigenvalue weighted by atomic mass is 32.2. The standard InChI is InChI=1S/C28H35N5O5S/c1-28(2)7-6-23-22(12-28)27(32-17-31-23)33-8-9-38-24-5-4-18(10-20(24)14-33)19-11-25(26(29)30-13-19)39(35,36)16-21(15-34)37-3/h4-5,10-11,13,17,21,34H,6-9,12,14-16H2,1-3H3,(H2,29,30). The van der Waals surface area contributed by atoms with Gasteiger partial charge in [-0.05, 0) is 48.4 Å². The van der Waals surface area contributed by atoms with Crippen LogP contribution in [-0.4, -0.2) is 67.2 Å². The summed E-state index contributed by atoms with van der Waals surface area (Å²) in [6, 6.07) is 7.32. The zero-order valence-electron chi connectivity index (χ0n) is 22.6. The van der Waals surface area contributed by atoms with E-state index in [-0.39, 0.29) is 16.1 Å². The third kappa shape index (κ3) is 5.70. The number of methoxy groups -OCH3 is 1. The van der Waals surface area contributed by atoms with Crippen molar-refractivity contribution < 1.29 is 23.0 Å². The van der Waals surface area contributed by atoms with Crippen LogP contribution in [0.4, 0.5) is 11.6 Å². The van der Waals surface area contributed by atoms with Gasteiger partial charge in [0.05, 0.1) is 25.0 Å². The van der Waals surface area contributed by atoms with Crippen molar-refractivity contribution in [3.63, 3.8) is 0 Å². The van der Waals surface area contributed by atoms with E-state index in [1.165, 1.54) is 18.7 Å². The summed E-state index contributed by atoms with van der Waals surface area (Å²) in [7, 11) is -2.50. The van der Waals surface area contributed by atoms with Crippen molar-refractivity contribution in [2.24, 2.45) is 5.41 Å². The van der Waals surface area contributed by atoms with Crippen molar-refractivity contribution in [2.45, 2.75) is 50.7 Å². The van der Waals surface area contributed by atoms with Crippen LogP contribution >= 0.6 is 0 Å².